The molecule has 0 saturated heterocycles. The van der Waals surface area contributed by atoms with Crippen molar-refractivity contribution in [3.8, 4) is 0 Å². The summed E-state index contributed by atoms with van der Waals surface area (Å²) in [6.45, 7) is 0.663. The summed E-state index contributed by atoms with van der Waals surface area (Å²) in [7, 11) is 0. The van der Waals surface area contributed by atoms with Crippen LogP contribution < -0.4 is 11.1 Å². The van der Waals surface area contributed by atoms with Crippen molar-refractivity contribution >= 4 is 11.6 Å². The zero-order valence-corrected chi connectivity index (χ0v) is 13.8. The lowest BCUT2D eigenvalue weighted by Crippen LogP contribution is -2.34. The maximum atomic E-state index is 12.3. The van der Waals surface area contributed by atoms with Gasteiger partial charge in [0.2, 0.25) is 5.91 Å². The topological polar surface area (TPSA) is 64.4 Å². The molecule has 3 N–H and O–H groups in total. The van der Waals surface area contributed by atoms with Crippen molar-refractivity contribution in [3.05, 3.63) is 29.8 Å². The molecule has 0 aromatic heterocycles. The summed E-state index contributed by atoms with van der Waals surface area (Å²) in [6, 6.07) is 8.19. The van der Waals surface area contributed by atoms with Crippen molar-refractivity contribution < 1.29 is 9.53 Å². The van der Waals surface area contributed by atoms with Crippen LogP contribution in [-0.2, 0) is 16.1 Å². The van der Waals surface area contributed by atoms with Crippen LogP contribution in [0.1, 0.15) is 56.9 Å². The monoisotopic (exact) mass is 316 g/mol. The first-order chi connectivity index (χ1) is 11.2. The molecule has 2 atom stereocenters. The van der Waals surface area contributed by atoms with Crippen LogP contribution in [0.2, 0.25) is 0 Å². The van der Waals surface area contributed by atoms with E-state index in [2.05, 4.69) is 5.32 Å². The normalized spacial score (nSPS) is 25.4. The van der Waals surface area contributed by atoms with E-state index in [1.165, 1.54) is 25.7 Å². The molecule has 0 bridgehead atoms. The fourth-order valence-electron chi connectivity index (χ4n) is 3.66. The van der Waals surface area contributed by atoms with Gasteiger partial charge in [-0.1, -0.05) is 31.4 Å². The maximum absolute atomic E-state index is 12.3. The van der Waals surface area contributed by atoms with Gasteiger partial charge < -0.3 is 15.8 Å². The highest BCUT2D eigenvalue weighted by Crippen LogP contribution is 2.25. The molecule has 2 aliphatic carbocycles. The molecule has 2 unspecified atom stereocenters. The first-order valence-electron chi connectivity index (χ1n) is 8.97. The molecule has 0 radical (unpaired) electrons. The Morgan fingerprint density at radius 2 is 1.83 bits per heavy atom. The number of amides is 1. The van der Waals surface area contributed by atoms with E-state index < -0.39 is 0 Å². The van der Waals surface area contributed by atoms with Crippen LogP contribution in [0.3, 0.4) is 0 Å². The Hall–Kier alpha value is -1.39. The number of nitrogens with two attached hydrogens (primary N) is 1. The molecular formula is C19H28N2O2. The lowest BCUT2D eigenvalue weighted by Gasteiger charge is -2.25. The van der Waals surface area contributed by atoms with Crippen LogP contribution in [0.15, 0.2) is 24.3 Å². The van der Waals surface area contributed by atoms with Crippen molar-refractivity contribution in [1.29, 1.82) is 0 Å². The molecule has 1 aromatic rings. The molecule has 126 valence electrons. The third kappa shape index (κ3) is 4.79. The summed E-state index contributed by atoms with van der Waals surface area (Å²) >= 11 is 0. The molecule has 0 spiro atoms. The van der Waals surface area contributed by atoms with Gasteiger partial charge in [-0.3, -0.25) is 4.79 Å². The minimum atomic E-state index is 0.0594. The molecule has 0 aliphatic heterocycles. The summed E-state index contributed by atoms with van der Waals surface area (Å²) in [4.78, 5) is 12.3. The molecule has 0 heterocycles. The van der Waals surface area contributed by atoms with E-state index in [9.17, 15) is 4.79 Å². The van der Waals surface area contributed by atoms with Gasteiger partial charge in [0.15, 0.2) is 0 Å². The van der Waals surface area contributed by atoms with Gasteiger partial charge in [0.25, 0.3) is 0 Å². The highest BCUT2D eigenvalue weighted by atomic mass is 16.5. The van der Waals surface area contributed by atoms with Crippen LogP contribution in [0.4, 0.5) is 5.69 Å². The molecule has 1 amide bonds. The van der Waals surface area contributed by atoms with Gasteiger partial charge in [-0.25, -0.2) is 0 Å². The van der Waals surface area contributed by atoms with Gasteiger partial charge in [0, 0.05) is 17.6 Å². The van der Waals surface area contributed by atoms with E-state index in [-0.39, 0.29) is 17.9 Å². The zero-order valence-electron chi connectivity index (χ0n) is 13.8. The van der Waals surface area contributed by atoms with Gasteiger partial charge in [0.1, 0.15) is 0 Å². The van der Waals surface area contributed by atoms with Crippen molar-refractivity contribution in [2.45, 2.75) is 70.1 Å². The Kier molecular flexibility index (Phi) is 5.68. The lowest BCUT2D eigenvalue weighted by molar-refractivity contribution is -0.120. The average molecular weight is 316 g/mol. The van der Waals surface area contributed by atoms with E-state index in [4.69, 9.17) is 10.5 Å². The summed E-state index contributed by atoms with van der Waals surface area (Å²) < 4.78 is 5.92. The number of benzene rings is 1. The maximum Gasteiger partial charge on any atom is 0.227 e. The van der Waals surface area contributed by atoms with Crippen LogP contribution in [0, 0.1) is 5.92 Å². The van der Waals surface area contributed by atoms with Crippen molar-refractivity contribution in [2.75, 3.05) is 5.32 Å². The van der Waals surface area contributed by atoms with Gasteiger partial charge in [-0.15, -0.1) is 0 Å². The summed E-state index contributed by atoms with van der Waals surface area (Å²) in [5.41, 5.74) is 7.99. The predicted molar refractivity (Wildman–Crippen MR) is 92.1 cm³/mol. The number of hydrogen-bond acceptors (Lipinski definition) is 3. The smallest absolute Gasteiger partial charge is 0.227 e. The minimum absolute atomic E-state index is 0.0594. The summed E-state index contributed by atoms with van der Waals surface area (Å²) in [5, 5.41) is 3.02. The predicted octanol–water partition coefficient (Wildman–Crippen LogP) is 3.60. The molecule has 2 fully saturated rings. The average Bonchev–Trinajstić information content (AvgIpc) is 3.08. The first kappa shape index (κ1) is 16.5. The molecule has 1 aromatic carbocycles. The van der Waals surface area contributed by atoms with Gasteiger partial charge in [-0.2, -0.15) is 0 Å². The Bertz CT molecular complexity index is 509. The second kappa shape index (κ2) is 7.93. The van der Waals surface area contributed by atoms with Gasteiger partial charge in [0.05, 0.1) is 12.7 Å². The Morgan fingerprint density at radius 3 is 2.52 bits per heavy atom. The minimum Gasteiger partial charge on any atom is -0.374 e. The molecule has 4 nitrogen and oxygen atoms in total. The van der Waals surface area contributed by atoms with Gasteiger partial charge in [-0.05, 0) is 49.8 Å². The van der Waals surface area contributed by atoms with Crippen LogP contribution in [-0.4, -0.2) is 18.1 Å². The Labute approximate surface area is 138 Å². The first-order valence-corrected chi connectivity index (χ1v) is 8.97. The molecular weight excluding hydrogens is 288 g/mol. The van der Waals surface area contributed by atoms with E-state index in [1.807, 2.05) is 24.3 Å². The number of carbonyl (C=O) groups is 1. The largest absolute Gasteiger partial charge is 0.374 e. The molecule has 2 saturated carbocycles. The SMILES string of the molecule is NC1CCCC(C(=O)Nc2ccc(COC3CCCC3)cc2)C1. The van der Waals surface area contributed by atoms with Gasteiger partial charge >= 0.3 is 0 Å². The lowest BCUT2D eigenvalue weighted by atomic mass is 9.85. The number of hydrogen-bond donors (Lipinski definition) is 2. The highest BCUT2D eigenvalue weighted by molar-refractivity contribution is 5.92. The number of carbonyl (C=O) groups excluding carboxylic acids is 1. The van der Waals surface area contributed by atoms with E-state index in [0.717, 1.165) is 36.9 Å². The third-order valence-corrected chi connectivity index (χ3v) is 5.09. The molecule has 4 heteroatoms. The van der Waals surface area contributed by atoms with Crippen molar-refractivity contribution in [1.82, 2.24) is 0 Å². The van der Waals surface area contributed by atoms with Crippen LogP contribution in [0.5, 0.6) is 0 Å². The molecule has 2 aliphatic rings. The summed E-state index contributed by atoms with van der Waals surface area (Å²) in [6.07, 6.45) is 9.25. The molecule has 3 rings (SSSR count). The number of nitrogens with one attached hydrogen (secondary N) is 1. The number of rotatable bonds is 5. The van der Waals surface area contributed by atoms with Crippen molar-refractivity contribution in [2.24, 2.45) is 11.7 Å². The Morgan fingerprint density at radius 1 is 1.09 bits per heavy atom. The van der Waals surface area contributed by atoms with E-state index in [0.29, 0.717) is 12.7 Å². The number of anilines is 1. The van der Waals surface area contributed by atoms with E-state index in [1.54, 1.807) is 0 Å². The van der Waals surface area contributed by atoms with E-state index >= 15 is 0 Å². The second-order valence-electron chi connectivity index (χ2n) is 7.03. The second-order valence-corrected chi connectivity index (χ2v) is 7.03. The fourth-order valence-corrected chi connectivity index (χ4v) is 3.66. The van der Waals surface area contributed by atoms with Crippen LogP contribution >= 0.6 is 0 Å². The zero-order chi connectivity index (χ0) is 16.1. The van der Waals surface area contributed by atoms with Crippen molar-refractivity contribution in [3.63, 3.8) is 0 Å². The fraction of sp³-hybridized carbons (Fsp3) is 0.632. The van der Waals surface area contributed by atoms with Crippen LogP contribution in [0.25, 0.3) is 0 Å². The highest BCUT2D eigenvalue weighted by Gasteiger charge is 2.25. The standard InChI is InChI=1S/C19H28N2O2/c20-16-5-3-4-15(12-16)19(22)21-17-10-8-14(9-11-17)13-23-18-6-1-2-7-18/h8-11,15-16,18H,1-7,12-13,20H2,(H,21,22). The molecule has 23 heavy (non-hydrogen) atoms. The quantitative estimate of drug-likeness (QED) is 0.872. The number of ether oxygens (including phenoxy) is 1. The third-order valence-electron chi connectivity index (χ3n) is 5.09. The Balaban J connectivity index is 1.47. The summed E-state index contributed by atoms with van der Waals surface area (Å²) in [5.74, 6) is 0.166.